The van der Waals surface area contributed by atoms with Crippen molar-refractivity contribution < 1.29 is 14.4 Å². The zero-order chi connectivity index (χ0) is 23.2. The van der Waals surface area contributed by atoms with Crippen LogP contribution in [0, 0.1) is 5.82 Å². The van der Waals surface area contributed by atoms with Crippen LogP contribution in [0.2, 0.25) is 0 Å². The van der Waals surface area contributed by atoms with Crippen LogP contribution in [-0.4, -0.2) is 78.8 Å². The summed E-state index contributed by atoms with van der Waals surface area (Å²) >= 11 is 0. The first-order valence-electron chi connectivity index (χ1n) is 11.8. The third kappa shape index (κ3) is 6.43. The van der Waals surface area contributed by atoms with Gasteiger partial charge in [-0.25, -0.2) is 9.45 Å². The summed E-state index contributed by atoms with van der Waals surface area (Å²) in [6, 6.07) is 12.9. The third-order valence-electron chi connectivity index (χ3n) is 6.49. The third-order valence-corrected chi connectivity index (χ3v) is 6.49. The molecule has 2 aromatic carbocycles. The fraction of sp³-hybridized carbons (Fsp3) is 0.480. The molecule has 1 amide bonds. The second-order valence-electron chi connectivity index (χ2n) is 9.06. The minimum absolute atomic E-state index is 0.138. The Kier molecular flexibility index (Phi) is 7.80. The number of benzene rings is 2. The van der Waals surface area contributed by atoms with E-state index in [4.69, 9.17) is 0 Å². The molecule has 0 atom stereocenters. The molecule has 0 spiro atoms. The average molecular weight is 456 g/mol. The molecule has 2 heterocycles. The molecule has 0 aromatic heterocycles. The van der Waals surface area contributed by atoms with E-state index in [1.807, 2.05) is 24.1 Å². The highest BCUT2D eigenvalue weighted by Crippen LogP contribution is 2.25. The maximum atomic E-state index is 14.7. The molecule has 2 N–H and O–H groups in total. The predicted molar refractivity (Wildman–Crippen MR) is 128 cm³/mol. The molecule has 2 saturated heterocycles. The molecule has 2 aliphatic heterocycles. The van der Waals surface area contributed by atoms with Gasteiger partial charge in [-0.3, -0.25) is 14.9 Å². The Labute approximate surface area is 195 Å². The number of anilines is 3. The summed E-state index contributed by atoms with van der Waals surface area (Å²) in [5.41, 5.74) is 2.99. The Morgan fingerprint density at radius 3 is 2.30 bits per heavy atom. The van der Waals surface area contributed by atoms with Crippen molar-refractivity contribution in [1.29, 1.82) is 0 Å². The minimum Gasteiger partial charge on any atom is -0.372 e. The highest BCUT2D eigenvalue weighted by atomic mass is 19.1. The van der Waals surface area contributed by atoms with Gasteiger partial charge in [0.2, 0.25) is 0 Å². The summed E-state index contributed by atoms with van der Waals surface area (Å²) in [5, 5.41) is 14.0. The van der Waals surface area contributed by atoms with Crippen LogP contribution in [0.1, 0.15) is 24.8 Å². The van der Waals surface area contributed by atoms with Gasteiger partial charge in [0, 0.05) is 61.9 Å². The molecule has 0 radical (unpaired) electrons. The summed E-state index contributed by atoms with van der Waals surface area (Å²) in [6.45, 7) is 5.50. The van der Waals surface area contributed by atoms with Crippen molar-refractivity contribution in [2.45, 2.75) is 25.8 Å². The molecule has 33 heavy (non-hydrogen) atoms. The molecule has 4 rings (SSSR count). The molecule has 0 aliphatic carbocycles. The van der Waals surface area contributed by atoms with E-state index in [0.717, 1.165) is 45.0 Å². The van der Waals surface area contributed by atoms with Gasteiger partial charge in [-0.15, -0.1) is 0 Å². The number of nitrogens with zero attached hydrogens (tertiary/aromatic N) is 4. The predicted octanol–water partition coefficient (Wildman–Crippen LogP) is 3.52. The number of piperazine rings is 1. The Morgan fingerprint density at radius 1 is 0.970 bits per heavy atom. The maximum absolute atomic E-state index is 14.7. The molecule has 0 saturated carbocycles. The molecule has 2 aliphatic rings. The van der Waals surface area contributed by atoms with E-state index in [1.165, 1.54) is 31.0 Å². The number of hydrogen-bond acceptors (Lipinski definition) is 6. The van der Waals surface area contributed by atoms with E-state index < -0.39 is 11.7 Å². The number of nitrogens with one attached hydrogen (secondary N) is 1. The first-order valence-corrected chi connectivity index (χ1v) is 11.8. The first kappa shape index (κ1) is 23.5. The number of hydrogen-bond donors (Lipinski definition) is 2. The lowest BCUT2D eigenvalue weighted by Gasteiger charge is -2.32. The van der Waals surface area contributed by atoms with Crippen molar-refractivity contribution in [3.05, 3.63) is 53.8 Å². The molecule has 0 unspecified atom stereocenters. The Bertz CT molecular complexity index is 925. The number of likely N-dealkylation sites (N-methyl/N-ethyl adjacent to an activating group) is 1. The van der Waals surface area contributed by atoms with Crippen molar-refractivity contribution in [1.82, 2.24) is 14.9 Å². The van der Waals surface area contributed by atoms with Gasteiger partial charge in [-0.05, 0) is 62.7 Å². The van der Waals surface area contributed by atoms with E-state index >= 15 is 0 Å². The quantitative estimate of drug-likeness (QED) is 0.492. The van der Waals surface area contributed by atoms with Gasteiger partial charge in [0.15, 0.2) is 0 Å². The Morgan fingerprint density at radius 2 is 1.64 bits per heavy atom. The van der Waals surface area contributed by atoms with Crippen LogP contribution in [0.4, 0.5) is 21.5 Å². The number of amides is 1. The van der Waals surface area contributed by atoms with Gasteiger partial charge in [-0.1, -0.05) is 6.07 Å². The Hall–Kier alpha value is -2.68. The van der Waals surface area contributed by atoms with Crippen molar-refractivity contribution in [3.8, 4) is 0 Å². The molecule has 8 heteroatoms. The van der Waals surface area contributed by atoms with Crippen LogP contribution in [0.15, 0.2) is 42.5 Å². The minimum atomic E-state index is -0.462. The molecule has 7 nitrogen and oxygen atoms in total. The van der Waals surface area contributed by atoms with E-state index in [-0.39, 0.29) is 18.7 Å². The summed E-state index contributed by atoms with van der Waals surface area (Å²) < 4.78 is 14.7. The second kappa shape index (κ2) is 11.0. The second-order valence-corrected chi connectivity index (χ2v) is 9.06. The van der Waals surface area contributed by atoms with Crippen LogP contribution in [0.25, 0.3) is 0 Å². The van der Waals surface area contributed by atoms with Crippen LogP contribution in [0.5, 0.6) is 0 Å². The average Bonchev–Trinajstić information content (AvgIpc) is 2.83. The van der Waals surface area contributed by atoms with E-state index in [2.05, 4.69) is 27.2 Å². The zero-order valence-electron chi connectivity index (χ0n) is 19.3. The SMILES string of the molecule is CN1CCN(CC(=O)N(O)Cc2ccc(Nc3ccc(N4CCCCC4)cc3)cc2F)CC1. The van der Waals surface area contributed by atoms with Gasteiger partial charge in [-0.2, -0.15) is 0 Å². The van der Waals surface area contributed by atoms with Crippen LogP contribution < -0.4 is 10.2 Å². The standard InChI is InChI=1S/C25H34FN5O2/c1-28-13-15-29(16-14-28)19-25(32)31(33)18-20-5-6-22(17-24(20)26)27-21-7-9-23(10-8-21)30-11-3-2-4-12-30/h5-10,17,27,33H,2-4,11-16,18-19H2,1H3. The lowest BCUT2D eigenvalue weighted by molar-refractivity contribution is -0.169. The molecule has 2 fully saturated rings. The summed E-state index contributed by atoms with van der Waals surface area (Å²) in [4.78, 5) is 18.9. The first-order chi connectivity index (χ1) is 16.0. The van der Waals surface area contributed by atoms with Gasteiger partial charge in [0.1, 0.15) is 5.82 Å². The zero-order valence-corrected chi connectivity index (χ0v) is 19.3. The van der Waals surface area contributed by atoms with E-state index in [9.17, 15) is 14.4 Å². The van der Waals surface area contributed by atoms with Crippen LogP contribution in [0.3, 0.4) is 0 Å². The van der Waals surface area contributed by atoms with Crippen molar-refractivity contribution in [2.24, 2.45) is 0 Å². The van der Waals surface area contributed by atoms with Gasteiger partial charge < -0.3 is 15.1 Å². The monoisotopic (exact) mass is 455 g/mol. The molecular weight excluding hydrogens is 421 g/mol. The maximum Gasteiger partial charge on any atom is 0.260 e. The van der Waals surface area contributed by atoms with Crippen molar-refractivity contribution in [2.75, 3.05) is 63.1 Å². The van der Waals surface area contributed by atoms with Gasteiger partial charge in [0.05, 0.1) is 13.1 Å². The summed E-state index contributed by atoms with van der Waals surface area (Å²) in [7, 11) is 2.05. The van der Waals surface area contributed by atoms with Crippen LogP contribution in [-0.2, 0) is 11.3 Å². The number of piperidine rings is 1. The largest absolute Gasteiger partial charge is 0.372 e. The number of carbonyl (C=O) groups excluding carboxylic acids is 1. The molecular formula is C25H34FN5O2. The number of rotatable bonds is 7. The fourth-order valence-corrected chi connectivity index (χ4v) is 4.36. The van der Waals surface area contributed by atoms with Crippen molar-refractivity contribution >= 4 is 23.0 Å². The smallest absolute Gasteiger partial charge is 0.260 e. The Balaban J connectivity index is 1.30. The number of carbonyl (C=O) groups is 1. The summed E-state index contributed by atoms with van der Waals surface area (Å²) in [6.07, 6.45) is 3.77. The number of hydroxylamine groups is 2. The molecule has 178 valence electrons. The van der Waals surface area contributed by atoms with Gasteiger partial charge in [0.25, 0.3) is 5.91 Å². The van der Waals surface area contributed by atoms with Gasteiger partial charge >= 0.3 is 0 Å². The topological polar surface area (TPSA) is 62.3 Å². The fourth-order valence-electron chi connectivity index (χ4n) is 4.36. The highest BCUT2D eigenvalue weighted by molar-refractivity contribution is 5.77. The van der Waals surface area contributed by atoms with Crippen molar-refractivity contribution in [3.63, 3.8) is 0 Å². The lowest BCUT2D eigenvalue weighted by atomic mass is 10.1. The van der Waals surface area contributed by atoms with E-state index in [0.29, 0.717) is 10.8 Å². The normalized spacial score (nSPS) is 17.7. The number of halogens is 1. The van der Waals surface area contributed by atoms with E-state index in [1.54, 1.807) is 12.1 Å². The van der Waals surface area contributed by atoms with Crippen LogP contribution >= 0.6 is 0 Å². The highest BCUT2D eigenvalue weighted by Gasteiger charge is 2.20. The molecule has 0 bridgehead atoms. The lowest BCUT2D eigenvalue weighted by Crippen LogP contribution is -2.48. The summed E-state index contributed by atoms with van der Waals surface area (Å²) in [5.74, 6) is -0.883. The molecule has 2 aromatic rings.